The van der Waals surface area contributed by atoms with Crippen LogP contribution < -0.4 is 5.73 Å². The lowest BCUT2D eigenvalue weighted by atomic mass is 9.94. The molecule has 2 rings (SSSR count). The first kappa shape index (κ1) is 17.5. The smallest absolute Gasteiger partial charge is 0.337 e. The van der Waals surface area contributed by atoms with E-state index in [0.717, 1.165) is 30.3 Å². The van der Waals surface area contributed by atoms with Crippen LogP contribution in [0.5, 0.6) is 0 Å². The Labute approximate surface area is 139 Å². The third-order valence-corrected chi connectivity index (χ3v) is 3.40. The summed E-state index contributed by atoms with van der Waals surface area (Å²) in [6.45, 7) is 0. The lowest BCUT2D eigenvalue weighted by Gasteiger charge is -2.12. The van der Waals surface area contributed by atoms with Crippen molar-refractivity contribution in [2.75, 3.05) is 5.73 Å². The number of carboxylic acid groups (broad SMARTS) is 4. The van der Waals surface area contributed by atoms with Gasteiger partial charge in [-0.1, -0.05) is 0 Å². The van der Waals surface area contributed by atoms with Crippen molar-refractivity contribution in [2.45, 2.75) is 0 Å². The van der Waals surface area contributed by atoms with Crippen molar-refractivity contribution in [2.24, 2.45) is 0 Å². The minimum atomic E-state index is -1.48. The number of hydrogen-bond acceptors (Lipinski definition) is 5. The fraction of sp³-hybridized carbons (Fsp3) is 0. The van der Waals surface area contributed by atoms with Gasteiger partial charge in [0.2, 0.25) is 0 Å². The molecule has 0 heterocycles. The van der Waals surface area contributed by atoms with Crippen LogP contribution >= 0.6 is 0 Å². The Kier molecular flexibility index (Phi) is 4.42. The highest BCUT2D eigenvalue weighted by Gasteiger charge is 2.20. The largest absolute Gasteiger partial charge is 0.478 e. The van der Waals surface area contributed by atoms with Crippen LogP contribution in [0.2, 0.25) is 0 Å². The molecule has 6 N–H and O–H groups in total. The molecule has 9 heteroatoms. The highest BCUT2D eigenvalue weighted by atomic mass is 16.4. The number of nitrogens with two attached hydrogens (primary N) is 1. The van der Waals surface area contributed by atoms with Crippen LogP contribution in [0.25, 0.3) is 11.1 Å². The molecule has 25 heavy (non-hydrogen) atoms. The summed E-state index contributed by atoms with van der Waals surface area (Å²) in [6, 6.07) is 5.00. The first-order valence-electron chi connectivity index (χ1n) is 6.64. The quantitative estimate of drug-likeness (QED) is 0.505. The second-order valence-electron chi connectivity index (χ2n) is 5.00. The van der Waals surface area contributed by atoms with Crippen molar-refractivity contribution in [3.05, 3.63) is 52.6 Å². The van der Waals surface area contributed by atoms with Crippen LogP contribution in [0.15, 0.2) is 30.3 Å². The second kappa shape index (κ2) is 6.32. The number of anilines is 1. The van der Waals surface area contributed by atoms with Crippen molar-refractivity contribution in [3.8, 4) is 11.1 Å². The molecular weight excluding hydrogens is 334 g/mol. The van der Waals surface area contributed by atoms with E-state index in [1.165, 1.54) is 0 Å². The molecule has 0 spiro atoms. The van der Waals surface area contributed by atoms with E-state index in [1.807, 2.05) is 0 Å². The fourth-order valence-electron chi connectivity index (χ4n) is 2.22. The molecule has 0 aromatic heterocycles. The molecule has 0 saturated heterocycles. The van der Waals surface area contributed by atoms with Crippen molar-refractivity contribution in [1.82, 2.24) is 0 Å². The molecule has 2 aromatic rings. The van der Waals surface area contributed by atoms with Crippen LogP contribution in [-0.2, 0) is 0 Å². The van der Waals surface area contributed by atoms with E-state index >= 15 is 0 Å². The first-order valence-corrected chi connectivity index (χ1v) is 6.64. The van der Waals surface area contributed by atoms with Crippen LogP contribution in [0.3, 0.4) is 0 Å². The van der Waals surface area contributed by atoms with E-state index in [-0.39, 0.29) is 33.5 Å². The molecule has 0 radical (unpaired) electrons. The van der Waals surface area contributed by atoms with Gasteiger partial charge in [-0.05, 0) is 35.9 Å². The van der Waals surface area contributed by atoms with E-state index < -0.39 is 29.4 Å². The summed E-state index contributed by atoms with van der Waals surface area (Å²) in [7, 11) is 0. The van der Waals surface area contributed by atoms with Crippen LogP contribution in [0, 0.1) is 0 Å². The zero-order valence-corrected chi connectivity index (χ0v) is 12.4. The summed E-state index contributed by atoms with van der Waals surface area (Å²) < 4.78 is 0. The van der Waals surface area contributed by atoms with Crippen molar-refractivity contribution in [3.63, 3.8) is 0 Å². The standard InChI is InChI=1S/C16H11NO8/c17-12-10(4-9(15(22)23)5-11(12)16(24)25)6-1-7(13(18)19)3-8(2-6)14(20)21/h1-5H,17H2,(H,18,19)(H,20,21)(H,22,23)(H,24,25). The fourth-order valence-corrected chi connectivity index (χ4v) is 2.22. The van der Waals surface area contributed by atoms with Gasteiger partial charge in [0.15, 0.2) is 0 Å². The Morgan fingerprint density at radius 1 is 0.640 bits per heavy atom. The van der Waals surface area contributed by atoms with Crippen molar-refractivity contribution >= 4 is 29.6 Å². The Bertz CT molecular complexity index is 900. The van der Waals surface area contributed by atoms with Gasteiger partial charge < -0.3 is 26.2 Å². The maximum absolute atomic E-state index is 11.3. The predicted octanol–water partition coefficient (Wildman–Crippen LogP) is 1.73. The number of nitrogen functional groups attached to an aromatic ring is 1. The number of benzene rings is 2. The first-order chi connectivity index (χ1) is 11.6. The van der Waals surface area contributed by atoms with Gasteiger partial charge in [0.25, 0.3) is 0 Å². The third kappa shape index (κ3) is 3.39. The predicted molar refractivity (Wildman–Crippen MR) is 84.1 cm³/mol. The number of aromatic carboxylic acids is 4. The van der Waals surface area contributed by atoms with E-state index in [2.05, 4.69) is 0 Å². The van der Waals surface area contributed by atoms with Gasteiger partial charge in [0, 0.05) is 5.56 Å². The summed E-state index contributed by atoms with van der Waals surface area (Å²) in [5, 5.41) is 36.5. The van der Waals surface area contributed by atoms with Crippen LogP contribution in [0.1, 0.15) is 41.4 Å². The van der Waals surface area contributed by atoms with Crippen LogP contribution in [-0.4, -0.2) is 44.3 Å². The summed E-state index contributed by atoms with van der Waals surface area (Å²) >= 11 is 0. The highest BCUT2D eigenvalue weighted by Crippen LogP contribution is 2.32. The molecule has 0 aliphatic rings. The molecule has 0 amide bonds. The number of carbonyl (C=O) groups is 4. The Hall–Kier alpha value is -3.88. The summed E-state index contributed by atoms with van der Waals surface area (Å²) in [5.41, 5.74) is 3.72. The van der Waals surface area contributed by atoms with E-state index in [4.69, 9.17) is 26.2 Å². The van der Waals surface area contributed by atoms with Gasteiger partial charge in [-0.3, -0.25) is 0 Å². The van der Waals surface area contributed by atoms with Gasteiger partial charge >= 0.3 is 23.9 Å². The summed E-state index contributed by atoms with van der Waals surface area (Å²) in [6.07, 6.45) is 0. The topological polar surface area (TPSA) is 175 Å². The Balaban J connectivity index is 2.85. The van der Waals surface area contributed by atoms with Gasteiger partial charge in [-0.25, -0.2) is 19.2 Å². The van der Waals surface area contributed by atoms with Crippen molar-refractivity contribution in [1.29, 1.82) is 0 Å². The van der Waals surface area contributed by atoms with Gasteiger partial charge in [0.1, 0.15) is 0 Å². The zero-order chi connectivity index (χ0) is 18.9. The van der Waals surface area contributed by atoms with Crippen molar-refractivity contribution < 1.29 is 39.6 Å². The molecular formula is C16H11NO8. The second-order valence-corrected chi connectivity index (χ2v) is 5.00. The lowest BCUT2D eigenvalue weighted by molar-refractivity contribution is 0.0676. The average molecular weight is 345 g/mol. The maximum atomic E-state index is 11.3. The molecule has 128 valence electrons. The molecule has 0 aliphatic carbocycles. The molecule has 9 nitrogen and oxygen atoms in total. The van der Waals surface area contributed by atoms with Gasteiger partial charge in [-0.15, -0.1) is 0 Å². The molecule has 0 atom stereocenters. The van der Waals surface area contributed by atoms with E-state index in [1.54, 1.807) is 0 Å². The van der Waals surface area contributed by atoms with Gasteiger partial charge in [0.05, 0.1) is 27.9 Å². The molecule has 2 aromatic carbocycles. The number of hydrogen-bond donors (Lipinski definition) is 5. The van der Waals surface area contributed by atoms with E-state index in [9.17, 15) is 19.2 Å². The van der Waals surface area contributed by atoms with Crippen LogP contribution in [0.4, 0.5) is 5.69 Å². The minimum absolute atomic E-state index is 0.0274. The molecule has 0 aliphatic heterocycles. The summed E-state index contributed by atoms with van der Waals surface area (Å²) in [4.78, 5) is 44.8. The lowest BCUT2D eigenvalue weighted by Crippen LogP contribution is -2.09. The number of rotatable bonds is 5. The highest BCUT2D eigenvalue weighted by molar-refractivity contribution is 6.04. The molecule has 0 fully saturated rings. The third-order valence-electron chi connectivity index (χ3n) is 3.40. The van der Waals surface area contributed by atoms with Gasteiger partial charge in [-0.2, -0.15) is 0 Å². The van der Waals surface area contributed by atoms with E-state index in [0.29, 0.717) is 0 Å². The maximum Gasteiger partial charge on any atom is 0.337 e. The number of carboxylic acids is 4. The Morgan fingerprint density at radius 3 is 1.48 bits per heavy atom. The average Bonchev–Trinajstić information content (AvgIpc) is 2.53. The molecule has 0 saturated carbocycles. The Morgan fingerprint density at radius 2 is 1.08 bits per heavy atom. The monoisotopic (exact) mass is 345 g/mol. The summed E-state index contributed by atoms with van der Waals surface area (Å²) in [5.74, 6) is -5.71. The normalized spacial score (nSPS) is 10.2. The SMILES string of the molecule is Nc1c(C(=O)O)cc(C(=O)O)cc1-c1cc(C(=O)O)cc(C(=O)O)c1. The minimum Gasteiger partial charge on any atom is -0.478 e. The molecule has 0 bridgehead atoms. The molecule has 0 unspecified atom stereocenters. The zero-order valence-electron chi connectivity index (χ0n) is 12.4.